The zero-order valence-corrected chi connectivity index (χ0v) is 22.5. The molecule has 12 heteroatoms. The fraction of sp³-hybridized carbons (Fsp3) is 0.333. The van der Waals surface area contributed by atoms with Gasteiger partial charge in [-0.2, -0.15) is 0 Å². The van der Waals surface area contributed by atoms with Gasteiger partial charge in [0.25, 0.3) is 11.8 Å². The number of benzene rings is 2. The first kappa shape index (κ1) is 25.5. The monoisotopic (exact) mass is 570 g/mol. The van der Waals surface area contributed by atoms with Crippen LogP contribution in [0.15, 0.2) is 69.8 Å². The molecule has 2 aliphatic heterocycles. The van der Waals surface area contributed by atoms with Gasteiger partial charge in [0.1, 0.15) is 0 Å². The minimum atomic E-state index is -1.93. The van der Waals surface area contributed by atoms with Crippen molar-refractivity contribution in [3.63, 3.8) is 0 Å². The van der Waals surface area contributed by atoms with Crippen LogP contribution in [0.1, 0.15) is 30.9 Å². The quantitative estimate of drug-likeness (QED) is 0.293. The molecule has 0 bridgehead atoms. The zero-order chi connectivity index (χ0) is 27.9. The van der Waals surface area contributed by atoms with Gasteiger partial charge in [-0.05, 0) is 42.3 Å². The third-order valence-corrected chi connectivity index (χ3v) is 9.33. The van der Waals surface area contributed by atoms with Crippen LogP contribution in [0.3, 0.4) is 0 Å². The molecule has 3 aromatic rings. The Morgan fingerprint density at radius 3 is 2.44 bits per heavy atom. The molecule has 0 unspecified atom stereocenters. The van der Waals surface area contributed by atoms with E-state index in [1.165, 1.54) is 22.5 Å². The molecule has 1 saturated heterocycles. The first-order valence-electron chi connectivity index (χ1n) is 12.4. The third-order valence-electron chi connectivity index (χ3n) is 7.91. The number of rotatable bonds is 4. The second kappa shape index (κ2) is 8.62. The van der Waals surface area contributed by atoms with E-state index in [0.717, 1.165) is 9.47 Å². The van der Waals surface area contributed by atoms with Crippen molar-refractivity contribution in [2.24, 2.45) is 0 Å². The summed E-state index contributed by atoms with van der Waals surface area (Å²) in [5.41, 5.74) is 0.287. The number of imide groups is 1. The summed E-state index contributed by atoms with van der Waals surface area (Å²) >= 11 is 14.3. The highest BCUT2D eigenvalue weighted by Crippen LogP contribution is 2.63. The number of phenols is 1. The van der Waals surface area contributed by atoms with Crippen molar-refractivity contribution in [3.05, 3.63) is 86.7 Å². The molecule has 6 rings (SSSR count). The Balaban J connectivity index is 1.61. The number of fused-ring (bicyclic) bond motifs is 4. The van der Waals surface area contributed by atoms with E-state index in [0.29, 0.717) is 16.8 Å². The highest BCUT2D eigenvalue weighted by Gasteiger charge is 2.74. The Bertz CT molecular complexity index is 1690. The van der Waals surface area contributed by atoms with Crippen LogP contribution < -0.4 is 16.1 Å². The molecule has 39 heavy (non-hydrogen) atoms. The standard InChI is InChI=1S/C27H24Cl2N4O6/c1-3-39-20-13-15(9-10-19(20)34)21-17-11-12-31-24(37)32(16-7-5-4-6-8-16)25(38)33(31)18(17)14-26(28)22(35)30(2)23(36)27(21,26)29/h4-11,13,18,21,34H,3,12,14H2,1-2H3/t18-,21+,26-,27+/m1/s1. The molecule has 2 amide bonds. The van der Waals surface area contributed by atoms with E-state index in [1.807, 2.05) is 0 Å². The van der Waals surface area contributed by atoms with Crippen molar-refractivity contribution in [1.29, 1.82) is 0 Å². The minimum absolute atomic E-state index is 0.0346. The van der Waals surface area contributed by atoms with E-state index in [-0.39, 0.29) is 31.1 Å². The SMILES string of the molecule is CCOc1cc([C@H]2C3=CCn4c(=O)n(-c5ccccc5)c(=O)n4[C@@H]3C[C@@]3(Cl)C(=O)N(C)C(=O)[C@@]23Cl)ccc1O. The molecular weight excluding hydrogens is 547 g/mol. The van der Waals surface area contributed by atoms with Crippen LogP contribution in [0.2, 0.25) is 0 Å². The van der Waals surface area contributed by atoms with Gasteiger partial charge in [0.15, 0.2) is 21.2 Å². The van der Waals surface area contributed by atoms with Gasteiger partial charge in [-0.1, -0.05) is 30.3 Å². The van der Waals surface area contributed by atoms with Gasteiger partial charge in [0, 0.05) is 19.4 Å². The summed E-state index contributed by atoms with van der Waals surface area (Å²) in [7, 11) is 1.32. The number of alkyl halides is 2. The van der Waals surface area contributed by atoms with Gasteiger partial charge in [0.2, 0.25) is 0 Å². The lowest BCUT2D eigenvalue weighted by Gasteiger charge is -2.49. The first-order chi connectivity index (χ1) is 18.6. The molecule has 1 aliphatic carbocycles. The van der Waals surface area contributed by atoms with Crippen LogP contribution in [0.5, 0.6) is 11.5 Å². The van der Waals surface area contributed by atoms with Crippen LogP contribution in [0.25, 0.3) is 5.69 Å². The number of nitrogens with zero attached hydrogens (tertiary/aromatic N) is 4. The number of phenolic OH excluding ortho intramolecular Hbond substituents is 1. The number of carbonyl (C=O) groups is 2. The molecule has 2 fully saturated rings. The van der Waals surface area contributed by atoms with Crippen LogP contribution in [0.4, 0.5) is 0 Å². The number of likely N-dealkylation sites (tertiary alicyclic amines) is 1. The molecule has 10 nitrogen and oxygen atoms in total. The number of hydrogen-bond acceptors (Lipinski definition) is 6. The van der Waals surface area contributed by atoms with Crippen molar-refractivity contribution in [3.8, 4) is 17.2 Å². The molecule has 202 valence electrons. The van der Waals surface area contributed by atoms with Crippen LogP contribution in [-0.2, 0) is 16.1 Å². The molecule has 0 radical (unpaired) electrons. The number of aromatic hydroxyl groups is 1. The summed E-state index contributed by atoms with van der Waals surface area (Å²) in [5, 5.41) is 10.3. The fourth-order valence-corrected chi connectivity index (χ4v) is 7.16. The van der Waals surface area contributed by atoms with E-state index in [9.17, 15) is 24.3 Å². The Morgan fingerprint density at radius 1 is 1.03 bits per heavy atom. The molecular formula is C27H24Cl2N4O6. The number of para-hydroxylation sites is 1. The van der Waals surface area contributed by atoms with E-state index in [4.69, 9.17) is 27.9 Å². The summed E-state index contributed by atoms with van der Waals surface area (Å²) in [6, 6.07) is 12.2. The van der Waals surface area contributed by atoms with Crippen molar-refractivity contribution in [2.75, 3.05) is 13.7 Å². The van der Waals surface area contributed by atoms with Crippen molar-refractivity contribution in [2.45, 2.75) is 41.6 Å². The summed E-state index contributed by atoms with van der Waals surface area (Å²) in [6.07, 6.45) is 1.57. The van der Waals surface area contributed by atoms with Gasteiger partial charge >= 0.3 is 11.4 Å². The molecule has 1 saturated carbocycles. The van der Waals surface area contributed by atoms with Gasteiger partial charge in [0.05, 0.1) is 24.9 Å². The predicted octanol–water partition coefficient (Wildman–Crippen LogP) is 2.53. The number of halogens is 2. The Hall–Kier alpha value is -3.76. The zero-order valence-electron chi connectivity index (χ0n) is 21.0. The maximum absolute atomic E-state index is 13.8. The molecule has 3 heterocycles. The molecule has 1 aromatic heterocycles. The smallest absolute Gasteiger partial charge is 0.352 e. The number of carbonyl (C=O) groups excluding carboxylic acids is 2. The third kappa shape index (κ3) is 3.21. The van der Waals surface area contributed by atoms with Gasteiger partial charge in [-0.25, -0.2) is 23.5 Å². The van der Waals surface area contributed by atoms with E-state index < -0.39 is 44.9 Å². The second-order valence-electron chi connectivity index (χ2n) is 9.86. The predicted molar refractivity (Wildman–Crippen MR) is 143 cm³/mol. The van der Waals surface area contributed by atoms with Crippen LogP contribution in [-0.4, -0.2) is 59.2 Å². The molecule has 2 aromatic carbocycles. The summed E-state index contributed by atoms with van der Waals surface area (Å²) < 4.78 is 9.25. The lowest BCUT2D eigenvalue weighted by Crippen LogP contribution is -2.59. The molecule has 4 atom stereocenters. The average molecular weight is 571 g/mol. The molecule has 1 N–H and O–H groups in total. The number of aromatic nitrogens is 3. The summed E-state index contributed by atoms with van der Waals surface area (Å²) in [5.74, 6) is -2.28. The fourth-order valence-electron chi connectivity index (χ4n) is 6.16. The lowest BCUT2D eigenvalue weighted by atomic mass is 9.64. The van der Waals surface area contributed by atoms with Crippen LogP contribution in [0, 0.1) is 0 Å². The normalized spacial score (nSPS) is 27.6. The van der Waals surface area contributed by atoms with Crippen LogP contribution >= 0.6 is 23.2 Å². The van der Waals surface area contributed by atoms with Crippen molar-refractivity contribution < 1.29 is 19.4 Å². The largest absolute Gasteiger partial charge is 0.504 e. The molecule has 0 spiro atoms. The summed E-state index contributed by atoms with van der Waals surface area (Å²) in [6.45, 7) is 2.07. The highest BCUT2D eigenvalue weighted by molar-refractivity contribution is 6.53. The topological polar surface area (TPSA) is 116 Å². The van der Waals surface area contributed by atoms with E-state index in [2.05, 4.69) is 0 Å². The van der Waals surface area contributed by atoms with Gasteiger partial charge in [-0.3, -0.25) is 14.5 Å². The number of amides is 2. The highest BCUT2D eigenvalue weighted by atomic mass is 35.5. The van der Waals surface area contributed by atoms with Crippen molar-refractivity contribution >= 4 is 35.0 Å². The van der Waals surface area contributed by atoms with E-state index in [1.54, 1.807) is 55.5 Å². The van der Waals surface area contributed by atoms with Gasteiger partial charge in [-0.15, -0.1) is 23.2 Å². The molecule has 3 aliphatic rings. The second-order valence-corrected chi connectivity index (χ2v) is 11.1. The van der Waals surface area contributed by atoms with Gasteiger partial charge < -0.3 is 9.84 Å². The van der Waals surface area contributed by atoms with Crippen molar-refractivity contribution in [1.82, 2.24) is 18.8 Å². The first-order valence-corrected chi connectivity index (χ1v) is 13.2. The Kier molecular flexibility index (Phi) is 5.64. The minimum Gasteiger partial charge on any atom is -0.504 e. The number of hydrogen-bond donors (Lipinski definition) is 1. The number of allylic oxidation sites excluding steroid dienone is 2. The average Bonchev–Trinajstić information content (AvgIpc) is 3.25. The van der Waals surface area contributed by atoms with E-state index >= 15 is 0 Å². The Labute approximate surface area is 232 Å². The maximum Gasteiger partial charge on any atom is 0.352 e. The lowest BCUT2D eigenvalue weighted by molar-refractivity contribution is -0.137. The maximum atomic E-state index is 13.8. The Morgan fingerprint density at radius 2 is 1.74 bits per heavy atom. The number of ether oxygens (including phenoxy) is 1. The summed E-state index contributed by atoms with van der Waals surface area (Å²) in [4.78, 5) is 51.4.